The molecule has 9 nitrogen and oxygen atoms in total. The van der Waals surface area contributed by atoms with Crippen LogP contribution in [0.5, 0.6) is 0 Å². The molecule has 178 valence electrons. The Hall–Kier alpha value is -4.27. The summed E-state index contributed by atoms with van der Waals surface area (Å²) in [4.78, 5) is 28.1. The van der Waals surface area contributed by atoms with Crippen LogP contribution in [-0.4, -0.2) is 43.7 Å². The molecule has 1 amide bonds. The van der Waals surface area contributed by atoms with Crippen LogP contribution in [0.15, 0.2) is 73.4 Å². The number of nitrogens with one attached hydrogen (secondary N) is 2. The van der Waals surface area contributed by atoms with Gasteiger partial charge in [0.15, 0.2) is 0 Å². The van der Waals surface area contributed by atoms with E-state index in [0.29, 0.717) is 19.0 Å². The number of hydrogen-bond acceptors (Lipinski definition) is 7. The van der Waals surface area contributed by atoms with Crippen molar-refractivity contribution in [3.05, 3.63) is 84.6 Å². The first kappa shape index (κ1) is 22.5. The van der Waals surface area contributed by atoms with Gasteiger partial charge in [-0.1, -0.05) is 29.8 Å². The van der Waals surface area contributed by atoms with Crippen molar-refractivity contribution in [2.24, 2.45) is 5.92 Å². The third-order valence-corrected chi connectivity index (χ3v) is 6.15. The molecule has 1 aliphatic heterocycles. The lowest BCUT2D eigenvalue weighted by Gasteiger charge is -2.33. The lowest BCUT2D eigenvalue weighted by Crippen LogP contribution is -2.43. The van der Waals surface area contributed by atoms with Crippen molar-refractivity contribution in [3.63, 3.8) is 0 Å². The molecule has 1 unspecified atom stereocenters. The molecular formula is C26H28N8O. The first-order valence-electron chi connectivity index (χ1n) is 11.8. The quantitative estimate of drug-likeness (QED) is 0.427. The second-order valence-corrected chi connectivity index (χ2v) is 8.74. The summed E-state index contributed by atoms with van der Waals surface area (Å²) < 4.78 is 1.70. The molecule has 3 heterocycles. The summed E-state index contributed by atoms with van der Waals surface area (Å²) in [5.74, 6) is 1.36. The van der Waals surface area contributed by atoms with Crippen molar-refractivity contribution in [1.29, 1.82) is 0 Å². The van der Waals surface area contributed by atoms with E-state index in [9.17, 15) is 4.79 Å². The predicted octanol–water partition coefficient (Wildman–Crippen LogP) is 3.64. The largest absolute Gasteiger partial charge is 0.356 e. The molecule has 0 radical (unpaired) electrons. The number of nitrogens with zero attached hydrogens (tertiary/aromatic N) is 6. The number of aryl methyl sites for hydroxylation is 1. The molecule has 1 aliphatic rings. The minimum atomic E-state index is -0.0649. The molecule has 35 heavy (non-hydrogen) atoms. The minimum Gasteiger partial charge on any atom is -0.356 e. The van der Waals surface area contributed by atoms with Gasteiger partial charge in [0, 0.05) is 31.5 Å². The van der Waals surface area contributed by atoms with Crippen LogP contribution in [0, 0.1) is 12.8 Å². The van der Waals surface area contributed by atoms with Crippen LogP contribution >= 0.6 is 0 Å². The highest BCUT2D eigenvalue weighted by atomic mass is 16.1. The number of carbonyl (C=O) groups excluding carboxylic acids is 1. The van der Waals surface area contributed by atoms with Gasteiger partial charge in [-0.05, 0) is 55.7 Å². The molecule has 1 fully saturated rings. The molecule has 0 bridgehead atoms. The molecule has 2 N–H and O–H groups in total. The average molecular weight is 469 g/mol. The van der Waals surface area contributed by atoms with Gasteiger partial charge < -0.3 is 15.5 Å². The van der Waals surface area contributed by atoms with E-state index >= 15 is 0 Å². The predicted molar refractivity (Wildman–Crippen MR) is 135 cm³/mol. The Morgan fingerprint density at radius 2 is 1.91 bits per heavy atom. The molecule has 5 rings (SSSR count). The van der Waals surface area contributed by atoms with Crippen molar-refractivity contribution in [2.45, 2.75) is 26.3 Å². The van der Waals surface area contributed by atoms with E-state index in [1.165, 1.54) is 11.9 Å². The van der Waals surface area contributed by atoms with Gasteiger partial charge in [-0.15, -0.1) is 0 Å². The van der Waals surface area contributed by atoms with Gasteiger partial charge in [-0.3, -0.25) is 4.79 Å². The van der Waals surface area contributed by atoms with E-state index in [-0.39, 0.29) is 11.8 Å². The van der Waals surface area contributed by atoms with E-state index in [1.54, 1.807) is 17.2 Å². The lowest BCUT2D eigenvalue weighted by atomic mass is 9.97. The number of rotatable bonds is 7. The van der Waals surface area contributed by atoms with Crippen molar-refractivity contribution >= 4 is 23.4 Å². The van der Waals surface area contributed by atoms with Crippen LogP contribution < -0.4 is 15.5 Å². The molecule has 2 aromatic carbocycles. The molecule has 2 aromatic heterocycles. The molecule has 0 spiro atoms. The lowest BCUT2D eigenvalue weighted by molar-refractivity contribution is -0.125. The number of hydrogen-bond donors (Lipinski definition) is 2. The van der Waals surface area contributed by atoms with Crippen LogP contribution in [0.25, 0.3) is 5.69 Å². The molecule has 1 atom stereocenters. The Kier molecular flexibility index (Phi) is 6.65. The van der Waals surface area contributed by atoms with Crippen molar-refractivity contribution in [1.82, 2.24) is 30.0 Å². The van der Waals surface area contributed by atoms with Crippen LogP contribution in [0.3, 0.4) is 0 Å². The average Bonchev–Trinajstić information content (AvgIpc) is 3.44. The highest BCUT2D eigenvalue weighted by Gasteiger charge is 2.26. The van der Waals surface area contributed by atoms with E-state index in [2.05, 4.69) is 61.8 Å². The fourth-order valence-corrected chi connectivity index (χ4v) is 4.19. The summed E-state index contributed by atoms with van der Waals surface area (Å²) in [7, 11) is 0. The number of anilines is 3. The van der Waals surface area contributed by atoms with Crippen LogP contribution in [0.4, 0.5) is 17.5 Å². The first-order valence-corrected chi connectivity index (χ1v) is 11.8. The number of carbonyl (C=O) groups is 1. The second-order valence-electron chi connectivity index (χ2n) is 8.74. The molecule has 1 saturated heterocycles. The number of amides is 1. The van der Waals surface area contributed by atoms with Gasteiger partial charge in [0.05, 0.1) is 11.6 Å². The van der Waals surface area contributed by atoms with Gasteiger partial charge in [-0.2, -0.15) is 10.1 Å². The fraction of sp³-hybridized carbons (Fsp3) is 0.269. The third-order valence-electron chi connectivity index (χ3n) is 6.15. The highest BCUT2D eigenvalue weighted by molar-refractivity contribution is 5.79. The Balaban J connectivity index is 1.20. The second kappa shape index (κ2) is 10.3. The summed E-state index contributed by atoms with van der Waals surface area (Å²) in [6, 6.07) is 17.9. The summed E-state index contributed by atoms with van der Waals surface area (Å²) in [6.07, 6.45) is 6.73. The monoisotopic (exact) mass is 468 g/mol. The van der Waals surface area contributed by atoms with Gasteiger partial charge in [0.25, 0.3) is 0 Å². The summed E-state index contributed by atoms with van der Waals surface area (Å²) in [5.41, 5.74) is 4.11. The molecular weight excluding hydrogens is 440 g/mol. The number of piperidine rings is 1. The van der Waals surface area contributed by atoms with Gasteiger partial charge in [0.2, 0.25) is 11.9 Å². The summed E-state index contributed by atoms with van der Waals surface area (Å²) >= 11 is 0. The number of benzene rings is 2. The van der Waals surface area contributed by atoms with Crippen LogP contribution in [0.1, 0.15) is 24.0 Å². The Labute approximate surface area is 204 Å². The maximum Gasteiger partial charge on any atom is 0.229 e. The zero-order valence-electron chi connectivity index (χ0n) is 19.6. The van der Waals surface area contributed by atoms with Crippen LogP contribution in [-0.2, 0) is 11.3 Å². The van der Waals surface area contributed by atoms with Gasteiger partial charge >= 0.3 is 0 Å². The van der Waals surface area contributed by atoms with Crippen molar-refractivity contribution in [3.8, 4) is 5.69 Å². The minimum absolute atomic E-state index is 0.0649. The van der Waals surface area contributed by atoms with Crippen molar-refractivity contribution in [2.75, 3.05) is 23.3 Å². The fourth-order valence-electron chi connectivity index (χ4n) is 4.19. The normalized spacial score (nSPS) is 15.6. The third kappa shape index (κ3) is 5.63. The summed E-state index contributed by atoms with van der Waals surface area (Å²) in [6.45, 7) is 4.12. The topological polar surface area (TPSA) is 101 Å². The van der Waals surface area contributed by atoms with Gasteiger partial charge in [-0.25, -0.2) is 14.6 Å². The first-order chi connectivity index (χ1) is 17.1. The van der Waals surface area contributed by atoms with E-state index in [4.69, 9.17) is 4.98 Å². The SMILES string of the molecule is Cc1ccc(CNC(=O)C2CCCN(c3ccnc(Nc4ccc(-n5cncn5)cc4)n3)C2)cc1. The van der Waals surface area contributed by atoms with E-state index in [1.807, 2.05) is 30.3 Å². The molecule has 9 heteroatoms. The van der Waals surface area contributed by atoms with Gasteiger partial charge in [0.1, 0.15) is 18.5 Å². The Morgan fingerprint density at radius 3 is 2.69 bits per heavy atom. The zero-order valence-corrected chi connectivity index (χ0v) is 19.6. The zero-order chi connectivity index (χ0) is 24.0. The Bertz CT molecular complexity index is 1260. The van der Waals surface area contributed by atoms with E-state index < -0.39 is 0 Å². The molecule has 0 saturated carbocycles. The molecule has 0 aliphatic carbocycles. The summed E-state index contributed by atoms with van der Waals surface area (Å²) in [5, 5.41) is 10.5. The standard InChI is InChI=1S/C26H28N8O/c1-19-4-6-20(7-5-19)15-29-25(35)21-3-2-14-33(16-21)24-12-13-28-26(32-24)31-22-8-10-23(11-9-22)34-18-27-17-30-34/h4-13,17-18,21H,2-3,14-16H2,1H3,(H,29,35)(H,28,31,32). The van der Waals surface area contributed by atoms with E-state index in [0.717, 1.165) is 42.1 Å². The number of aromatic nitrogens is 5. The smallest absolute Gasteiger partial charge is 0.229 e. The maximum atomic E-state index is 12.8. The van der Waals surface area contributed by atoms with Crippen molar-refractivity contribution < 1.29 is 4.79 Å². The van der Waals surface area contributed by atoms with Crippen LogP contribution in [0.2, 0.25) is 0 Å². The Morgan fingerprint density at radius 1 is 1.09 bits per heavy atom. The molecule has 4 aromatic rings. The highest BCUT2D eigenvalue weighted by Crippen LogP contribution is 2.23. The maximum absolute atomic E-state index is 12.8.